The number of nitrogens with two attached hydrogens (primary N) is 2. The van der Waals surface area contributed by atoms with E-state index in [1.54, 1.807) is 12.1 Å². The Morgan fingerprint density at radius 1 is 1.10 bits per heavy atom. The molecule has 0 heterocycles. The average molecular weight is 291 g/mol. The Balaban J connectivity index is 3.04. The van der Waals surface area contributed by atoms with Gasteiger partial charge in [0.25, 0.3) is 5.91 Å². The highest BCUT2D eigenvalue weighted by Crippen LogP contribution is 2.25. The van der Waals surface area contributed by atoms with Crippen molar-refractivity contribution >= 4 is 17.3 Å². The van der Waals surface area contributed by atoms with Crippen molar-refractivity contribution in [1.29, 1.82) is 0 Å². The van der Waals surface area contributed by atoms with Gasteiger partial charge in [-0.15, -0.1) is 0 Å². The zero-order valence-electron chi connectivity index (χ0n) is 13.7. The van der Waals surface area contributed by atoms with E-state index in [1.165, 1.54) is 0 Å². The van der Waals surface area contributed by atoms with Crippen molar-refractivity contribution < 1.29 is 4.79 Å². The summed E-state index contributed by atoms with van der Waals surface area (Å²) in [6.45, 7) is 10.6. The van der Waals surface area contributed by atoms with Gasteiger partial charge in [-0.25, -0.2) is 0 Å². The minimum atomic E-state index is -0.399. The molecular formula is C17H29N3O. The highest BCUT2D eigenvalue weighted by atomic mass is 16.1. The molecule has 0 fully saturated rings. The molecule has 4 N–H and O–H groups in total. The predicted molar refractivity (Wildman–Crippen MR) is 90.5 cm³/mol. The monoisotopic (exact) mass is 291 g/mol. The second-order valence-electron chi connectivity index (χ2n) is 6.49. The molecule has 0 bridgehead atoms. The van der Waals surface area contributed by atoms with Gasteiger partial charge in [0, 0.05) is 18.8 Å². The van der Waals surface area contributed by atoms with Gasteiger partial charge in [-0.3, -0.25) is 4.79 Å². The summed E-state index contributed by atoms with van der Waals surface area (Å²) in [5.41, 5.74) is 13.5. The zero-order chi connectivity index (χ0) is 16.0. The second-order valence-corrected chi connectivity index (χ2v) is 6.49. The smallest absolute Gasteiger partial charge is 0.250 e. The number of nitrogens with zero attached hydrogens (tertiary/aromatic N) is 1. The first-order valence-electron chi connectivity index (χ1n) is 7.75. The standard InChI is InChI=1S/C17H29N3O/c1-12(2)7-9-20(10-8-13(3)4)16-11-14(18)5-6-15(16)17(19)21/h5-6,11-13H,7-10,18H2,1-4H3,(H2,19,21). The van der Waals surface area contributed by atoms with E-state index >= 15 is 0 Å². The fourth-order valence-electron chi connectivity index (χ4n) is 2.20. The second kappa shape index (κ2) is 7.91. The van der Waals surface area contributed by atoms with Crippen LogP contribution in [0.25, 0.3) is 0 Å². The normalized spacial score (nSPS) is 11.1. The number of benzene rings is 1. The molecule has 1 aromatic rings. The number of amides is 1. The molecule has 118 valence electrons. The highest BCUT2D eigenvalue weighted by Gasteiger charge is 2.16. The van der Waals surface area contributed by atoms with Gasteiger partial charge in [-0.05, 0) is 42.9 Å². The maximum atomic E-state index is 11.7. The molecule has 1 rings (SSSR count). The van der Waals surface area contributed by atoms with E-state index in [9.17, 15) is 4.79 Å². The van der Waals surface area contributed by atoms with Gasteiger partial charge in [0.15, 0.2) is 0 Å². The summed E-state index contributed by atoms with van der Waals surface area (Å²) < 4.78 is 0. The van der Waals surface area contributed by atoms with Gasteiger partial charge in [0.1, 0.15) is 0 Å². The maximum Gasteiger partial charge on any atom is 0.250 e. The van der Waals surface area contributed by atoms with Crippen LogP contribution >= 0.6 is 0 Å². The van der Waals surface area contributed by atoms with Gasteiger partial charge in [0.05, 0.1) is 11.3 Å². The van der Waals surface area contributed by atoms with E-state index in [4.69, 9.17) is 11.5 Å². The lowest BCUT2D eigenvalue weighted by molar-refractivity contribution is 0.100. The molecule has 21 heavy (non-hydrogen) atoms. The third-order valence-electron chi connectivity index (χ3n) is 3.58. The first-order chi connectivity index (χ1) is 9.81. The van der Waals surface area contributed by atoms with E-state index in [0.29, 0.717) is 23.1 Å². The van der Waals surface area contributed by atoms with Crippen LogP contribution in [0, 0.1) is 11.8 Å². The lowest BCUT2D eigenvalue weighted by Gasteiger charge is -2.28. The summed E-state index contributed by atoms with van der Waals surface area (Å²) in [7, 11) is 0. The molecule has 4 heteroatoms. The van der Waals surface area contributed by atoms with Crippen molar-refractivity contribution in [2.75, 3.05) is 23.7 Å². The summed E-state index contributed by atoms with van der Waals surface area (Å²) in [6, 6.07) is 5.32. The van der Waals surface area contributed by atoms with E-state index in [-0.39, 0.29) is 0 Å². The first kappa shape index (κ1) is 17.3. The summed E-state index contributed by atoms with van der Waals surface area (Å²) in [5, 5.41) is 0. The van der Waals surface area contributed by atoms with Crippen LogP contribution in [0.15, 0.2) is 18.2 Å². The fraction of sp³-hybridized carbons (Fsp3) is 0.588. The molecule has 1 aromatic carbocycles. The SMILES string of the molecule is CC(C)CCN(CCC(C)C)c1cc(N)ccc1C(N)=O. The lowest BCUT2D eigenvalue weighted by Crippen LogP contribution is -2.30. The minimum Gasteiger partial charge on any atom is -0.399 e. The Bertz CT molecular complexity index is 457. The quantitative estimate of drug-likeness (QED) is 0.722. The Labute approximate surface area is 128 Å². The average Bonchev–Trinajstić information content (AvgIpc) is 2.37. The van der Waals surface area contributed by atoms with Crippen molar-refractivity contribution in [3.8, 4) is 0 Å². The summed E-state index contributed by atoms with van der Waals surface area (Å²) in [5.74, 6) is 0.832. The number of anilines is 2. The molecule has 0 aliphatic rings. The van der Waals surface area contributed by atoms with Gasteiger partial charge < -0.3 is 16.4 Å². The van der Waals surface area contributed by atoms with Crippen LogP contribution in [0.3, 0.4) is 0 Å². The highest BCUT2D eigenvalue weighted by molar-refractivity contribution is 5.99. The third kappa shape index (κ3) is 5.66. The Hall–Kier alpha value is -1.71. The van der Waals surface area contributed by atoms with Gasteiger partial charge in [-0.1, -0.05) is 27.7 Å². The predicted octanol–water partition coefficient (Wildman–Crippen LogP) is 3.27. The largest absolute Gasteiger partial charge is 0.399 e. The zero-order valence-corrected chi connectivity index (χ0v) is 13.7. The lowest BCUT2D eigenvalue weighted by atomic mass is 10.1. The topological polar surface area (TPSA) is 72.3 Å². The molecule has 1 amide bonds. The van der Waals surface area contributed by atoms with Crippen molar-refractivity contribution in [3.63, 3.8) is 0 Å². The molecule has 0 unspecified atom stereocenters. The van der Waals surface area contributed by atoms with Crippen LogP contribution in [-0.2, 0) is 0 Å². The molecule has 0 spiro atoms. The van der Waals surface area contributed by atoms with Gasteiger partial charge in [0.2, 0.25) is 0 Å². The van der Waals surface area contributed by atoms with Gasteiger partial charge in [-0.2, -0.15) is 0 Å². The number of nitrogen functional groups attached to an aromatic ring is 1. The van der Waals surface area contributed by atoms with Crippen LogP contribution in [0.2, 0.25) is 0 Å². The molecule has 0 aromatic heterocycles. The van der Waals surface area contributed by atoms with Crippen molar-refractivity contribution in [2.45, 2.75) is 40.5 Å². The first-order valence-corrected chi connectivity index (χ1v) is 7.75. The Morgan fingerprint density at radius 2 is 1.62 bits per heavy atom. The van der Waals surface area contributed by atoms with E-state index in [2.05, 4.69) is 32.6 Å². The number of carbonyl (C=O) groups excluding carboxylic acids is 1. The van der Waals surface area contributed by atoms with Crippen molar-refractivity contribution in [2.24, 2.45) is 17.6 Å². The van der Waals surface area contributed by atoms with Crippen LogP contribution in [0.1, 0.15) is 50.9 Å². The van der Waals surface area contributed by atoms with Crippen LogP contribution in [0.4, 0.5) is 11.4 Å². The fourth-order valence-corrected chi connectivity index (χ4v) is 2.20. The van der Waals surface area contributed by atoms with Crippen LogP contribution < -0.4 is 16.4 Å². The van der Waals surface area contributed by atoms with Gasteiger partial charge >= 0.3 is 0 Å². The third-order valence-corrected chi connectivity index (χ3v) is 3.58. The molecule has 0 aliphatic carbocycles. The Morgan fingerprint density at radius 3 is 2.05 bits per heavy atom. The molecule has 0 radical (unpaired) electrons. The number of hydrogen-bond acceptors (Lipinski definition) is 3. The summed E-state index contributed by atoms with van der Waals surface area (Å²) in [6.07, 6.45) is 2.15. The van der Waals surface area contributed by atoms with Crippen LogP contribution in [-0.4, -0.2) is 19.0 Å². The van der Waals surface area contributed by atoms with E-state index < -0.39 is 5.91 Å². The van der Waals surface area contributed by atoms with E-state index in [1.807, 2.05) is 6.07 Å². The number of hydrogen-bond donors (Lipinski definition) is 2. The Kier molecular flexibility index (Phi) is 6.53. The van der Waals surface area contributed by atoms with Crippen LogP contribution in [0.5, 0.6) is 0 Å². The number of primary amides is 1. The van der Waals surface area contributed by atoms with E-state index in [0.717, 1.165) is 31.6 Å². The molecular weight excluding hydrogens is 262 g/mol. The summed E-state index contributed by atoms with van der Waals surface area (Å²) >= 11 is 0. The molecule has 4 nitrogen and oxygen atoms in total. The number of carbonyl (C=O) groups is 1. The van der Waals surface area contributed by atoms with Crippen molar-refractivity contribution in [3.05, 3.63) is 23.8 Å². The summed E-state index contributed by atoms with van der Waals surface area (Å²) in [4.78, 5) is 13.9. The molecule has 0 atom stereocenters. The molecule has 0 saturated carbocycles. The van der Waals surface area contributed by atoms with Crippen molar-refractivity contribution in [1.82, 2.24) is 0 Å². The maximum absolute atomic E-state index is 11.7. The minimum absolute atomic E-state index is 0.399. The molecule has 0 saturated heterocycles. The number of rotatable bonds is 8. The molecule has 0 aliphatic heterocycles.